The molecule has 1 atom stereocenters. The Bertz CT molecular complexity index is 776. The lowest BCUT2D eigenvalue weighted by molar-refractivity contribution is 0.0735. The quantitative estimate of drug-likeness (QED) is 0.580. The van der Waals surface area contributed by atoms with E-state index in [4.69, 9.17) is 4.74 Å². The van der Waals surface area contributed by atoms with E-state index in [2.05, 4.69) is 11.0 Å². The number of benzene rings is 2. The van der Waals surface area contributed by atoms with Crippen LogP contribution in [0.4, 0.5) is 0 Å². The molecule has 2 fully saturated rings. The lowest BCUT2D eigenvalue weighted by Gasteiger charge is -2.42. The van der Waals surface area contributed by atoms with Crippen molar-refractivity contribution in [3.63, 3.8) is 0 Å². The minimum absolute atomic E-state index is 0.318. The molecule has 1 aliphatic heterocycles. The molecule has 0 bridgehead atoms. The van der Waals surface area contributed by atoms with Crippen LogP contribution in [0.1, 0.15) is 48.0 Å². The van der Waals surface area contributed by atoms with Gasteiger partial charge in [0.15, 0.2) is 0 Å². The number of likely N-dealkylation sites (tertiary alicyclic amines) is 1. The smallest absolute Gasteiger partial charge is 0.343 e. The third-order valence-corrected chi connectivity index (χ3v) is 5.40. The van der Waals surface area contributed by atoms with Crippen molar-refractivity contribution in [1.82, 2.24) is 4.90 Å². The number of nitrogens with zero attached hydrogens (tertiary/aromatic N) is 1. The highest BCUT2D eigenvalue weighted by molar-refractivity contribution is 5.90. The summed E-state index contributed by atoms with van der Waals surface area (Å²) in [5.74, 6) is 0.269. The molecule has 3 heteroatoms. The molecule has 0 radical (unpaired) electrons. The molecule has 1 aliphatic carbocycles. The third kappa shape index (κ3) is 3.88. The van der Waals surface area contributed by atoms with Crippen molar-refractivity contribution in [2.45, 2.75) is 38.1 Å². The second kappa shape index (κ2) is 7.88. The van der Waals surface area contributed by atoms with Gasteiger partial charge in [0.1, 0.15) is 5.75 Å². The highest BCUT2D eigenvalue weighted by atomic mass is 16.5. The molecule has 134 valence electrons. The van der Waals surface area contributed by atoms with Gasteiger partial charge in [-0.15, -0.1) is 0 Å². The van der Waals surface area contributed by atoms with Crippen molar-refractivity contribution in [3.05, 3.63) is 71.3 Å². The van der Waals surface area contributed by atoms with Gasteiger partial charge in [-0.05, 0) is 68.6 Å². The Kier molecular flexibility index (Phi) is 5.16. The van der Waals surface area contributed by atoms with Crippen LogP contribution in [0.3, 0.4) is 0 Å². The summed E-state index contributed by atoms with van der Waals surface area (Å²) in [6, 6.07) is 17.6. The number of carbonyl (C=O) groups excluding carboxylic acids is 1. The van der Waals surface area contributed by atoms with Crippen LogP contribution >= 0.6 is 0 Å². The number of esters is 1. The van der Waals surface area contributed by atoms with Crippen LogP contribution in [0.2, 0.25) is 0 Å². The average Bonchev–Trinajstić information content (AvgIpc) is 2.64. The molecule has 2 aliphatic rings. The van der Waals surface area contributed by atoms with Crippen molar-refractivity contribution in [2.24, 2.45) is 0 Å². The van der Waals surface area contributed by atoms with Crippen LogP contribution < -0.4 is 4.74 Å². The predicted octanol–water partition coefficient (Wildman–Crippen LogP) is 4.94. The average molecular weight is 347 g/mol. The van der Waals surface area contributed by atoms with Gasteiger partial charge in [0, 0.05) is 6.04 Å². The van der Waals surface area contributed by atoms with E-state index in [1.807, 2.05) is 42.5 Å². The maximum atomic E-state index is 12.1. The van der Waals surface area contributed by atoms with Crippen LogP contribution in [-0.2, 0) is 0 Å². The highest BCUT2D eigenvalue weighted by Gasteiger charge is 2.28. The first-order valence-corrected chi connectivity index (χ1v) is 9.61. The summed E-state index contributed by atoms with van der Waals surface area (Å²) < 4.78 is 5.46. The van der Waals surface area contributed by atoms with E-state index in [9.17, 15) is 4.79 Å². The van der Waals surface area contributed by atoms with Crippen LogP contribution in [0.5, 0.6) is 5.75 Å². The first kappa shape index (κ1) is 17.0. The molecular weight excluding hydrogens is 322 g/mol. The van der Waals surface area contributed by atoms with Crippen LogP contribution in [0.25, 0.3) is 6.08 Å². The van der Waals surface area contributed by atoms with Crippen LogP contribution in [0.15, 0.2) is 60.2 Å². The molecule has 1 unspecified atom stereocenters. The fraction of sp³-hybridized carbons (Fsp3) is 0.348. The molecular formula is C23H25NO2. The molecule has 2 aromatic carbocycles. The van der Waals surface area contributed by atoms with E-state index in [0.29, 0.717) is 17.4 Å². The fourth-order valence-corrected chi connectivity index (χ4v) is 3.84. The number of hydrogen-bond acceptors (Lipinski definition) is 3. The van der Waals surface area contributed by atoms with Gasteiger partial charge in [0.25, 0.3) is 0 Å². The Morgan fingerprint density at radius 1 is 0.962 bits per heavy atom. The Labute approximate surface area is 155 Å². The summed E-state index contributed by atoms with van der Waals surface area (Å²) in [5, 5.41) is 0. The largest absolute Gasteiger partial charge is 0.423 e. The van der Waals surface area contributed by atoms with Gasteiger partial charge in [0.05, 0.1) is 5.56 Å². The number of ether oxygens (including phenoxy) is 1. The van der Waals surface area contributed by atoms with Crippen molar-refractivity contribution in [2.75, 3.05) is 13.1 Å². The normalized spacial score (nSPS) is 22.0. The van der Waals surface area contributed by atoms with Gasteiger partial charge in [-0.1, -0.05) is 48.4 Å². The first-order chi connectivity index (χ1) is 12.8. The van der Waals surface area contributed by atoms with Gasteiger partial charge in [-0.2, -0.15) is 0 Å². The standard InChI is InChI=1S/C23H25NO2/c25-23(19-7-2-1-3-8-19)26-21-13-11-18(12-14-21)17-20-9-4-5-10-22(20)24-15-6-16-24/h1-3,7-8,11-14,17,22H,4-6,9-10,15-16H2. The Morgan fingerprint density at radius 3 is 2.42 bits per heavy atom. The highest BCUT2D eigenvalue weighted by Crippen LogP contribution is 2.32. The molecule has 3 nitrogen and oxygen atoms in total. The molecule has 2 aromatic rings. The summed E-state index contributed by atoms with van der Waals surface area (Å²) in [7, 11) is 0. The second-order valence-corrected chi connectivity index (χ2v) is 7.19. The summed E-state index contributed by atoms with van der Waals surface area (Å²) >= 11 is 0. The lowest BCUT2D eigenvalue weighted by Crippen LogP contribution is -2.46. The Balaban J connectivity index is 1.44. The zero-order chi connectivity index (χ0) is 17.8. The van der Waals surface area contributed by atoms with E-state index >= 15 is 0 Å². The predicted molar refractivity (Wildman–Crippen MR) is 104 cm³/mol. The SMILES string of the molecule is O=C(Oc1ccc(C=C2CCCCC2N2CCC2)cc1)c1ccccc1. The number of carbonyl (C=O) groups is 1. The molecule has 4 rings (SSSR count). The molecule has 0 spiro atoms. The number of rotatable bonds is 4. The lowest BCUT2D eigenvalue weighted by atomic mass is 9.86. The van der Waals surface area contributed by atoms with Gasteiger partial charge in [-0.3, -0.25) is 4.90 Å². The fourth-order valence-electron chi connectivity index (χ4n) is 3.84. The van der Waals surface area contributed by atoms with E-state index in [0.717, 1.165) is 0 Å². The van der Waals surface area contributed by atoms with Crippen molar-refractivity contribution < 1.29 is 9.53 Å². The molecule has 26 heavy (non-hydrogen) atoms. The zero-order valence-corrected chi connectivity index (χ0v) is 15.1. The zero-order valence-electron chi connectivity index (χ0n) is 15.1. The molecule has 1 heterocycles. The van der Waals surface area contributed by atoms with E-state index < -0.39 is 0 Å². The van der Waals surface area contributed by atoms with Gasteiger partial charge < -0.3 is 4.74 Å². The van der Waals surface area contributed by atoms with Crippen molar-refractivity contribution >= 4 is 12.0 Å². The first-order valence-electron chi connectivity index (χ1n) is 9.61. The van der Waals surface area contributed by atoms with Gasteiger partial charge in [0.2, 0.25) is 0 Å². The maximum absolute atomic E-state index is 12.1. The second-order valence-electron chi connectivity index (χ2n) is 7.19. The van der Waals surface area contributed by atoms with Gasteiger partial charge in [-0.25, -0.2) is 4.79 Å². The van der Waals surface area contributed by atoms with E-state index in [-0.39, 0.29) is 5.97 Å². The number of hydrogen-bond donors (Lipinski definition) is 0. The van der Waals surface area contributed by atoms with Crippen molar-refractivity contribution in [1.29, 1.82) is 0 Å². The van der Waals surface area contributed by atoms with Crippen LogP contribution in [-0.4, -0.2) is 30.0 Å². The van der Waals surface area contributed by atoms with Crippen molar-refractivity contribution in [3.8, 4) is 5.75 Å². The molecule has 0 aromatic heterocycles. The summed E-state index contributed by atoms with van der Waals surface area (Å²) in [6.07, 6.45) is 8.80. The minimum atomic E-state index is -0.318. The van der Waals surface area contributed by atoms with Crippen LogP contribution in [0, 0.1) is 0 Å². The maximum Gasteiger partial charge on any atom is 0.343 e. The summed E-state index contributed by atoms with van der Waals surface area (Å²) in [6.45, 7) is 2.49. The molecule has 1 saturated carbocycles. The Hall–Kier alpha value is -2.39. The van der Waals surface area contributed by atoms with E-state index in [1.165, 1.54) is 50.8 Å². The summed E-state index contributed by atoms with van der Waals surface area (Å²) in [5.41, 5.74) is 3.32. The third-order valence-electron chi connectivity index (χ3n) is 5.40. The molecule has 0 N–H and O–H groups in total. The van der Waals surface area contributed by atoms with Gasteiger partial charge >= 0.3 is 5.97 Å². The Morgan fingerprint density at radius 2 is 1.73 bits per heavy atom. The topological polar surface area (TPSA) is 29.5 Å². The summed E-state index contributed by atoms with van der Waals surface area (Å²) in [4.78, 5) is 14.7. The molecule has 1 saturated heterocycles. The van der Waals surface area contributed by atoms with E-state index in [1.54, 1.807) is 17.7 Å². The monoisotopic (exact) mass is 347 g/mol. The molecule has 0 amide bonds. The minimum Gasteiger partial charge on any atom is -0.423 e.